The molecule has 0 fully saturated rings. The molecule has 0 saturated carbocycles. The first-order valence-electron chi connectivity index (χ1n) is 8.34. The van der Waals surface area contributed by atoms with Crippen LogP contribution in [0.3, 0.4) is 0 Å². The highest BCUT2D eigenvalue weighted by Gasteiger charge is 2.21. The number of aryl methyl sites for hydroxylation is 1. The van der Waals surface area contributed by atoms with Gasteiger partial charge in [0.15, 0.2) is 0 Å². The third kappa shape index (κ3) is 4.50. The van der Waals surface area contributed by atoms with Gasteiger partial charge >= 0.3 is 0 Å². The van der Waals surface area contributed by atoms with Crippen LogP contribution in [-0.4, -0.2) is 40.2 Å². The van der Waals surface area contributed by atoms with Crippen molar-refractivity contribution in [3.8, 4) is 0 Å². The summed E-state index contributed by atoms with van der Waals surface area (Å²) in [7, 11) is 1.90. The van der Waals surface area contributed by atoms with E-state index in [4.69, 9.17) is 0 Å². The van der Waals surface area contributed by atoms with Crippen molar-refractivity contribution in [2.75, 3.05) is 18.0 Å². The van der Waals surface area contributed by atoms with Crippen LogP contribution in [0.4, 0.5) is 20.2 Å². The minimum absolute atomic E-state index is 0. The third-order valence-corrected chi connectivity index (χ3v) is 4.44. The predicted molar refractivity (Wildman–Crippen MR) is 99.2 cm³/mol. The van der Waals surface area contributed by atoms with Gasteiger partial charge in [0.05, 0.1) is 18.4 Å². The van der Waals surface area contributed by atoms with E-state index in [1.807, 2.05) is 24.3 Å². The normalized spacial score (nSPS) is 14.5. The van der Waals surface area contributed by atoms with E-state index in [0.717, 1.165) is 23.4 Å². The Morgan fingerprint density at radius 3 is 2.56 bits per heavy atom. The summed E-state index contributed by atoms with van der Waals surface area (Å²) >= 11 is 0. The average Bonchev–Trinajstić information content (AvgIpc) is 2.92. The molecule has 0 radical (unpaired) electrons. The number of halogens is 3. The number of fused-ring (bicyclic) bond motifs is 1. The number of nitrogens with zero attached hydrogens (tertiary/aromatic N) is 4. The van der Waals surface area contributed by atoms with E-state index >= 15 is 0 Å². The molecule has 7 heteroatoms. The fourth-order valence-electron chi connectivity index (χ4n) is 3.38. The molecule has 25 heavy (non-hydrogen) atoms. The summed E-state index contributed by atoms with van der Waals surface area (Å²) in [6, 6.07) is 6.66. The maximum absolute atomic E-state index is 12.7. The Bertz CT molecular complexity index is 702. The van der Waals surface area contributed by atoms with E-state index in [2.05, 4.69) is 42.0 Å². The van der Waals surface area contributed by atoms with Crippen LogP contribution in [0, 0.1) is 0 Å². The minimum Gasteiger partial charge on any atom is -0.336 e. The quantitative estimate of drug-likeness (QED) is 0.794. The van der Waals surface area contributed by atoms with Crippen LogP contribution in [0.1, 0.15) is 25.0 Å². The molecule has 1 aromatic carbocycles. The Labute approximate surface area is 153 Å². The van der Waals surface area contributed by atoms with Crippen LogP contribution in [-0.2, 0) is 20.0 Å². The molecule has 1 aromatic heterocycles. The standard InChI is InChI=1S/C18H24F2N4.ClH/c1-13(2)24(17-9-21-22(3)11-17)16-5-4-14-6-7-23(12-18(19)20)10-15(14)8-16;/h4-5,8-9,11,13,18H,6-7,10,12H2,1-3H3;1H. The van der Waals surface area contributed by atoms with E-state index in [1.165, 1.54) is 5.56 Å². The first-order valence-corrected chi connectivity index (χ1v) is 8.34. The zero-order valence-electron chi connectivity index (χ0n) is 14.8. The molecule has 0 N–H and O–H groups in total. The van der Waals surface area contributed by atoms with E-state index in [-0.39, 0.29) is 25.0 Å². The highest BCUT2D eigenvalue weighted by molar-refractivity contribution is 5.85. The largest absolute Gasteiger partial charge is 0.336 e. The Morgan fingerprint density at radius 2 is 1.96 bits per heavy atom. The third-order valence-electron chi connectivity index (χ3n) is 4.44. The number of rotatable bonds is 5. The zero-order valence-corrected chi connectivity index (χ0v) is 15.6. The second-order valence-electron chi connectivity index (χ2n) is 6.67. The van der Waals surface area contributed by atoms with Crippen LogP contribution in [0.25, 0.3) is 0 Å². The highest BCUT2D eigenvalue weighted by atomic mass is 35.5. The van der Waals surface area contributed by atoms with Crippen molar-refractivity contribution in [1.82, 2.24) is 14.7 Å². The van der Waals surface area contributed by atoms with Gasteiger partial charge in [-0.05, 0) is 43.5 Å². The maximum Gasteiger partial charge on any atom is 0.251 e. The van der Waals surface area contributed by atoms with Gasteiger partial charge in [-0.3, -0.25) is 9.58 Å². The molecule has 3 rings (SSSR count). The molecule has 2 aromatic rings. The Balaban J connectivity index is 0.00000225. The fraction of sp³-hybridized carbons (Fsp3) is 0.500. The molecular weight excluding hydrogens is 346 g/mol. The topological polar surface area (TPSA) is 24.3 Å². The lowest BCUT2D eigenvalue weighted by Gasteiger charge is -2.32. The maximum atomic E-state index is 12.7. The van der Waals surface area contributed by atoms with Gasteiger partial charge in [-0.15, -0.1) is 12.4 Å². The summed E-state index contributed by atoms with van der Waals surface area (Å²) in [4.78, 5) is 4.06. The van der Waals surface area contributed by atoms with E-state index < -0.39 is 6.43 Å². The highest BCUT2D eigenvalue weighted by Crippen LogP contribution is 2.31. The van der Waals surface area contributed by atoms with Gasteiger partial charge in [0.25, 0.3) is 6.43 Å². The van der Waals surface area contributed by atoms with Crippen molar-refractivity contribution in [1.29, 1.82) is 0 Å². The lowest BCUT2D eigenvalue weighted by atomic mass is 9.98. The first-order chi connectivity index (χ1) is 11.4. The number of benzene rings is 1. The van der Waals surface area contributed by atoms with Gasteiger partial charge in [-0.2, -0.15) is 5.10 Å². The van der Waals surface area contributed by atoms with Crippen molar-refractivity contribution < 1.29 is 8.78 Å². The summed E-state index contributed by atoms with van der Waals surface area (Å²) in [6.07, 6.45) is 2.39. The molecule has 4 nitrogen and oxygen atoms in total. The zero-order chi connectivity index (χ0) is 17.3. The molecule has 1 aliphatic heterocycles. The van der Waals surface area contributed by atoms with Gasteiger partial charge in [0.1, 0.15) is 0 Å². The smallest absolute Gasteiger partial charge is 0.251 e. The molecule has 1 aliphatic rings. The molecule has 0 unspecified atom stereocenters. The number of alkyl halides is 2. The lowest BCUT2D eigenvalue weighted by Crippen LogP contribution is -2.34. The summed E-state index contributed by atoms with van der Waals surface area (Å²) in [5.41, 5.74) is 4.52. The average molecular weight is 371 g/mol. The molecular formula is C18H25ClF2N4. The Morgan fingerprint density at radius 1 is 1.20 bits per heavy atom. The SMILES string of the molecule is CC(C)N(c1ccc2c(c1)CN(CC(F)F)CC2)c1cnn(C)c1.Cl. The van der Waals surface area contributed by atoms with Crippen LogP contribution < -0.4 is 4.90 Å². The molecule has 0 atom stereocenters. The van der Waals surface area contributed by atoms with Gasteiger partial charge in [0, 0.05) is 38.1 Å². The molecule has 0 amide bonds. The van der Waals surface area contributed by atoms with E-state index in [1.54, 1.807) is 4.68 Å². The predicted octanol–water partition coefficient (Wildman–Crippen LogP) is 4.01. The van der Waals surface area contributed by atoms with Crippen molar-refractivity contribution in [2.24, 2.45) is 7.05 Å². The number of hydrogen-bond donors (Lipinski definition) is 0. The van der Waals surface area contributed by atoms with Gasteiger partial charge in [-0.25, -0.2) is 8.78 Å². The Kier molecular flexibility index (Phi) is 6.41. The summed E-state index contributed by atoms with van der Waals surface area (Å²) in [5.74, 6) is 0. The van der Waals surface area contributed by atoms with E-state index in [9.17, 15) is 8.78 Å². The molecule has 0 saturated heterocycles. The number of aromatic nitrogens is 2. The fourth-order valence-corrected chi connectivity index (χ4v) is 3.38. The van der Waals surface area contributed by atoms with Crippen molar-refractivity contribution in [2.45, 2.75) is 39.3 Å². The van der Waals surface area contributed by atoms with Crippen LogP contribution >= 0.6 is 12.4 Å². The van der Waals surface area contributed by atoms with Crippen LogP contribution in [0.15, 0.2) is 30.6 Å². The summed E-state index contributed by atoms with van der Waals surface area (Å²) < 4.78 is 27.1. The first kappa shape index (κ1) is 19.7. The minimum atomic E-state index is -2.28. The molecule has 138 valence electrons. The molecule has 0 aliphatic carbocycles. The van der Waals surface area contributed by atoms with Crippen molar-refractivity contribution in [3.05, 3.63) is 41.7 Å². The van der Waals surface area contributed by atoms with Crippen molar-refractivity contribution >= 4 is 23.8 Å². The Hall–Kier alpha value is -1.66. The molecule has 0 spiro atoms. The number of hydrogen-bond acceptors (Lipinski definition) is 3. The van der Waals surface area contributed by atoms with Gasteiger partial charge < -0.3 is 4.90 Å². The summed E-state index contributed by atoms with van der Waals surface area (Å²) in [6.45, 7) is 5.41. The van der Waals surface area contributed by atoms with Crippen LogP contribution in [0.5, 0.6) is 0 Å². The second-order valence-corrected chi connectivity index (χ2v) is 6.67. The monoisotopic (exact) mass is 370 g/mol. The van der Waals surface area contributed by atoms with Crippen LogP contribution in [0.2, 0.25) is 0 Å². The number of anilines is 2. The van der Waals surface area contributed by atoms with Gasteiger partial charge in [-0.1, -0.05) is 6.07 Å². The molecule has 0 bridgehead atoms. The summed E-state index contributed by atoms with van der Waals surface area (Å²) in [5, 5.41) is 4.26. The van der Waals surface area contributed by atoms with Gasteiger partial charge in [0.2, 0.25) is 0 Å². The lowest BCUT2D eigenvalue weighted by molar-refractivity contribution is 0.0821. The second kappa shape index (κ2) is 8.15. The van der Waals surface area contributed by atoms with Crippen molar-refractivity contribution in [3.63, 3.8) is 0 Å². The molecule has 2 heterocycles. The van der Waals surface area contributed by atoms with E-state index in [0.29, 0.717) is 13.1 Å².